The molecule has 0 radical (unpaired) electrons. The molecule has 0 aliphatic rings. The maximum atomic E-state index is 8.99. The standard InChI is InChI=1S/C15H14ClN5/c1-3-21(4-2)15-6-5-12(7-13(15)16)20-14(10-19)11(8-17)9-18/h5-7,20H,3-4H2,1-2H3. The van der Waals surface area contributed by atoms with Crippen LogP contribution in [0, 0.1) is 34.0 Å². The molecule has 0 saturated carbocycles. The van der Waals surface area contributed by atoms with Crippen molar-refractivity contribution in [2.45, 2.75) is 13.8 Å². The van der Waals surface area contributed by atoms with Crippen LogP contribution in [0.3, 0.4) is 0 Å². The number of nitrogens with zero attached hydrogens (tertiary/aromatic N) is 4. The van der Waals surface area contributed by atoms with Gasteiger partial charge >= 0.3 is 0 Å². The van der Waals surface area contributed by atoms with E-state index in [4.69, 9.17) is 27.4 Å². The van der Waals surface area contributed by atoms with Gasteiger partial charge in [0.2, 0.25) is 0 Å². The third-order valence-electron chi connectivity index (χ3n) is 2.91. The van der Waals surface area contributed by atoms with Crippen molar-refractivity contribution in [1.29, 1.82) is 15.8 Å². The van der Waals surface area contributed by atoms with Crippen molar-refractivity contribution in [3.8, 4) is 18.2 Å². The second-order valence-electron chi connectivity index (χ2n) is 4.05. The molecule has 1 aromatic rings. The van der Waals surface area contributed by atoms with Crippen LogP contribution in [-0.2, 0) is 0 Å². The number of allylic oxidation sites excluding steroid dienone is 2. The number of hydrogen-bond acceptors (Lipinski definition) is 5. The number of benzene rings is 1. The first-order valence-electron chi connectivity index (χ1n) is 6.37. The van der Waals surface area contributed by atoms with E-state index < -0.39 is 0 Å². The van der Waals surface area contributed by atoms with E-state index >= 15 is 0 Å². The second kappa shape index (κ2) is 7.80. The van der Waals surface area contributed by atoms with E-state index in [-0.39, 0.29) is 11.3 Å². The zero-order chi connectivity index (χ0) is 15.8. The summed E-state index contributed by atoms with van der Waals surface area (Å²) in [6.07, 6.45) is 0. The van der Waals surface area contributed by atoms with Crippen LogP contribution in [0.5, 0.6) is 0 Å². The highest BCUT2D eigenvalue weighted by Crippen LogP contribution is 2.29. The van der Waals surface area contributed by atoms with E-state index in [1.807, 2.05) is 19.9 Å². The SMILES string of the molecule is CCN(CC)c1ccc(NC(C#N)=C(C#N)C#N)cc1Cl. The lowest BCUT2D eigenvalue weighted by molar-refractivity contribution is 0.866. The predicted octanol–water partition coefficient (Wildman–Crippen LogP) is 3.42. The van der Waals surface area contributed by atoms with Crippen molar-refractivity contribution in [3.63, 3.8) is 0 Å². The average molecular weight is 300 g/mol. The summed E-state index contributed by atoms with van der Waals surface area (Å²) >= 11 is 6.24. The molecule has 106 valence electrons. The molecule has 5 nitrogen and oxygen atoms in total. The molecule has 1 N–H and O–H groups in total. The highest BCUT2D eigenvalue weighted by Gasteiger charge is 2.10. The summed E-state index contributed by atoms with van der Waals surface area (Å²) in [5.41, 5.74) is 1.10. The molecule has 6 heteroatoms. The van der Waals surface area contributed by atoms with Gasteiger partial charge in [-0.1, -0.05) is 11.6 Å². The largest absolute Gasteiger partial charge is 0.371 e. The normalized spacial score (nSPS) is 8.95. The number of rotatable bonds is 5. The van der Waals surface area contributed by atoms with Gasteiger partial charge in [-0.15, -0.1) is 0 Å². The van der Waals surface area contributed by atoms with E-state index in [9.17, 15) is 0 Å². The molecular formula is C15H14ClN5. The van der Waals surface area contributed by atoms with Crippen LogP contribution >= 0.6 is 11.6 Å². The van der Waals surface area contributed by atoms with Crippen LogP contribution < -0.4 is 10.2 Å². The smallest absolute Gasteiger partial charge is 0.163 e. The molecule has 0 bridgehead atoms. The molecule has 0 unspecified atom stereocenters. The number of nitriles is 3. The minimum atomic E-state index is -0.263. The van der Waals surface area contributed by atoms with Gasteiger partial charge < -0.3 is 10.2 Å². The van der Waals surface area contributed by atoms with Gasteiger partial charge in [0.25, 0.3) is 0 Å². The summed E-state index contributed by atoms with van der Waals surface area (Å²) in [6, 6.07) is 10.4. The average Bonchev–Trinajstić information content (AvgIpc) is 2.50. The maximum absolute atomic E-state index is 8.99. The highest BCUT2D eigenvalue weighted by molar-refractivity contribution is 6.33. The molecule has 0 fully saturated rings. The van der Waals surface area contributed by atoms with Gasteiger partial charge in [-0.3, -0.25) is 0 Å². The monoisotopic (exact) mass is 299 g/mol. The number of nitrogens with one attached hydrogen (secondary N) is 1. The van der Waals surface area contributed by atoms with Gasteiger partial charge in [-0.2, -0.15) is 15.8 Å². The fraction of sp³-hybridized carbons (Fsp3) is 0.267. The number of halogens is 1. The van der Waals surface area contributed by atoms with Crippen LogP contribution in [0.25, 0.3) is 0 Å². The van der Waals surface area contributed by atoms with Crippen molar-refractivity contribution < 1.29 is 0 Å². The zero-order valence-corrected chi connectivity index (χ0v) is 12.6. The Morgan fingerprint density at radius 3 is 2.19 bits per heavy atom. The van der Waals surface area contributed by atoms with E-state index in [1.54, 1.807) is 30.3 Å². The van der Waals surface area contributed by atoms with Crippen molar-refractivity contribution in [1.82, 2.24) is 0 Å². The summed E-state index contributed by atoms with van der Waals surface area (Å²) in [6.45, 7) is 5.74. The topological polar surface area (TPSA) is 86.6 Å². The van der Waals surface area contributed by atoms with E-state index in [0.717, 1.165) is 18.8 Å². The Bertz CT molecular complexity index is 653. The number of hydrogen-bond donors (Lipinski definition) is 1. The van der Waals surface area contributed by atoms with Crippen molar-refractivity contribution in [2.24, 2.45) is 0 Å². The molecule has 0 aliphatic carbocycles. The Hall–Kier alpha value is -2.68. The molecule has 0 aliphatic heterocycles. The highest BCUT2D eigenvalue weighted by atomic mass is 35.5. The minimum absolute atomic E-state index is 0.0911. The van der Waals surface area contributed by atoms with Crippen LogP contribution in [0.2, 0.25) is 5.02 Å². The number of anilines is 2. The summed E-state index contributed by atoms with van der Waals surface area (Å²) in [5.74, 6) is 0. The molecule has 1 aromatic carbocycles. The van der Waals surface area contributed by atoms with Crippen molar-refractivity contribution in [2.75, 3.05) is 23.3 Å². The lowest BCUT2D eigenvalue weighted by atomic mass is 10.2. The molecule has 0 amide bonds. The van der Waals surface area contributed by atoms with E-state index in [0.29, 0.717) is 10.7 Å². The Morgan fingerprint density at radius 1 is 1.14 bits per heavy atom. The maximum Gasteiger partial charge on any atom is 0.163 e. The van der Waals surface area contributed by atoms with Crippen LogP contribution in [0.1, 0.15) is 13.8 Å². The first-order valence-corrected chi connectivity index (χ1v) is 6.75. The van der Waals surface area contributed by atoms with E-state index in [2.05, 4.69) is 10.2 Å². The van der Waals surface area contributed by atoms with Crippen LogP contribution in [-0.4, -0.2) is 13.1 Å². The van der Waals surface area contributed by atoms with Gasteiger partial charge in [-0.05, 0) is 32.0 Å². The Kier molecular flexibility index (Phi) is 6.08. The zero-order valence-electron chi connectivity index (χ0n) is 11.8. The van der Waals surface area contributed by atoms with Crippen molar-refractivity contribution in [3.05, 3.63) is 34.5 Å². The Morgan fingerprint density at radius 2 is 1.76 bits per heavy atom. The first kappa shape index (κ1) is 16.4. The summed E-state index contributed by atoms with van der Waals surface area (Å²) in [7, 11) is 0. The Labute approximate surface area is 129 Å². The van der Waals surface area contributed by atoms with Gasteiger partial charge in [0, 0.05) is 18.8 Å². The lowest BCUT2D eigenvalue weighted by Gasteiger charge is -2.22. The quantitative estimate of drug-likeness (QED) is 0.842. The molecule has 21 heavy (non-hydrogen) atoms. The fourth-order valence-corrected chi connectivity index (χ4v) is 2.13. The van der Waals surface area contributed by atoms with Crippen LogP contribution in [0.4, 0.5) is 11.4 Å². The summed E-state index contributed by atoms with van der Waals surface area (Å²) < 4.78 is 0. The lowest BCUT2D eigenvalue weighted by Crippen LogP contribution is -2.22. The molecule has 0 aromatic heterocycles. The fourth-order valence-electron chi connectivity index (χ4n) is 1.83. The predicted molar refractivity (Wildman–Crippen MR) is 82.5 cm³/mol. The molecule has 0 saturated heterocycles. The molecule has 0 spiro atoms. The molecule has 1 rings (SSSR count). The minimum Gasteiger partial charge on any atom is -0.371 e. The molecule has 0 heterocycles. The first-order chi connectivity index (χ1) is 10.1. The third kappa shape index (κ3) is 3.89. The van der Waals surface area contributed by atoms with Gasteiger partial charge in [0.15, 0.2) is 5.57 Å². The van der Waals surface area contributed by atoms with Gasteiger partial charge in [-0.25, -0.2) is 0 Å². The molecule has 0 atom stereocenters. The van der Waals surface area contributed by atoms with Gasteiger partial charge in [0.1, 0.15) is 23.9 Å². The van der Waals surface area contributed by atoms with Crippen molar-refractivity contribution >= 4 is 23.0 Å². The van der Waals surface area contributed by atoms with E-state index in [1.165, 1.54) is 0 Å². The second-order valence-corrected chi connectivity index (χ2v) is 4.46. The van der Waals surface area contributed by atoms with Gasteiger partial charge in [0.05, 0.1) is 10.7 Å². The molecular weight excluding hydrogens is 286 g/mol. The summed E-state index contributed by atoms with van der Waals surface area (Å²) in [5, 5.41) is 29.9. The third-order valence-corrected chi connectivity index (χ3v) is 3.21. The van der Waals surface area contributed by atoms with Crippen LogP contribution in [0.15, 0.2) is 29.5 Å². The Balaban J connectivity index is 3.12. The summed E-state index contributed by atoms with van der Waals surface area (Å²) in [4.78, 5) is 2.10.